The van der Waals surface area contributed by atoms with E-state index in [0.717, 1.165) is 0 Å². The Hall–Kier alpha value is -1.00. The Bertz CT molecular complexity index is 362. The summed E-state index contributed by atoms with van der Waals surface area (Å²) in [4.78, 5) is 0. The number of ether oxygens (including phenoxy) is 1. The highest BCUT2D eigenvalue weighted by atomic mass is 19.1. The number of benzene rings is 1. The van der Waals surface area contributed by atoms with Crippen molar-refractivity contribution in [2.24, 2.45) is 5.92 Å². The van der Waals surface area contributed by atoms with E-state index in [1.54, 1.807) is 7.11 Å². The third kappa shape index (κ3) is 3.27. The molecule has 1 N–H and O–H groups in total. The molecule has 1 rings (SSSR count). The first-order valence-corrected chi connectivity index (χ1v) is 6.23. The Morgan fingerprint density at radius 1 is 1.22 bits per heavy atom. The van der Waals surface area contributed by atoms with Gasteiger partial charge in [0.25, 0.3) is 0 Å². The van der Waals surface area contributed by atoms with Crippen molar-refractivity contribution in [2.45, 2.75) is 32.9 Å². The smallest absolute Gasteiger partial charge is 0.131 e. The second-order valence-corrected chi connectivity index (χ2v) is 4.62. The van der Waals surface area contributed by atoms with Crippen molar-refractivity contribution in [3.63, 3.8) is 0 Å². The zero-order chi connectivity index (χ0) is 13.7. The molecule has 102 valence electrons. The molecule has 0 saturated carbocycles. The number of hydrogen-bond acceptors (Lipinski definition) is 2. The lowest BCUT2D eigenvalue weighted by Crippen LogP contribution is -2.37. The number of methoxy groups -OCH3 is 1. The van der Waals surface area contributed by atoms with Crippen LogP contribution >= 0.6 is 0 Å². The van der Waals surface area contributed by atoms with Crippen LogP contribution in [-0.4, -0.2) is 19.8 Å². The highest BCUT2D eigenvalue weighted by Gasteiger charge is 2.29. The van der Waals surface area contributed by atoms with Gasteiger partial charge in [0.05, 0.1) is 12.1 Å². The molecule has 0 aliphatic heterocycles. The molecule has 0 saturated heterocycles. The first kappa shape index (κ1) is 15.1. The number of hydrogen-bond donors (Lipinski definition) is 1. The zero-order valence-electron chi connectivity index (χ0n) is 11.3. The van der Waals surface area contributed by atoms with Crippen LogP contribution in [0.2, 0.25) is 0 Å². The molecule has 0 aliphatic rings. The fourth-order valence-corrected chi connectivity index (χ4v) is 2.20. The summed E-state index contributed by atoms with van der Waals surface area (Å²) in [5.74, 6) is -0.926. The fraction of sp³-hybridized carbons (Fsp3) is 0.571. The van der Waals surface area contributed by atoms with E-state index in [-0.39, 0.29) is 17.6 Å². The van der Waals surface area contributed by atoms with E-state index < -0.39 is 17.7 Å². The third-order valence-electron chi connectivity index (χ3n) is 2.99. The van der Waals surface area contributed by atoms with Crippen molar-refractivity contribution in [1.82, 2.24) is 5.32 Å². The Kier molecular flexibility index (Phi) is 5.69. The van der Waals surface area contributed by atoms with E-state index in [2.05, 4.69) is 5.32 Å². The van der Waals surface area contributed by atoms with E-state index in [0.29, 0.717) is 6.54 Å². The third-order valence-corrected chi connectivity index (χ3v) is 2.99. The lowest BCUT2D eigenvalue weighted by molar-refractivity contribution is 0.0310. The molecule has 18 heavy (non-hydrogen) atoms. The van der Waals surface area contributed by atoms with E-state index >= 15 is 0 Å². The normalized spacial score (nSPS) is 14.8. The van der Waals surface area contributed by atoms with E-state index in [4.69, 9.17) is 4.74 Å². The molecule has 0 aliphatic carbocycles. The molecule has 0 amide bonds. The van der Waals surface area contributed by atoms with Gasteiger partial charge in [-0.25, -0.2) is 8.78 Å². The molecular weight excluding hydrogens is 236 g/mol. The number of nitrogens with one attached hydrogen (secondary N) is 1. The highest BCUT2D eigenvalue weighted by molar-refractivity contribution is 5.24. The van der Waals surface area contributed by atoms with Crippen molar-refractivity contribution >= 4 is 0 Å². The van der Waals surface area contributed by atoms with E-state index in [9.17, 15) is 8.78 Å². The maximum atomic E-state index is 13.8. The summed E-state index contributed by atoms with van der Waals surface area (Å²) in [6, 6.07) is 3.43. The SMILES string of the molecule is CCNC(c1c(F)cccc1F)C(OC)C(C)C. The number of likely N-dealkylation sites (N-methyl/N-ethyl adjacent to an activating group) is 1. The molecule has 2 unspecified atom stereocenters. The second kappa shape index (κ2) is 6.81. The monoisotopic (exact) mass is 257 g/mol. The van der Waals surface area contributed by atoms with E-state index in [1.807, 2.05) is 20.8 Å². The highest BCUT2D eigenvalue weighted by Crippen LogP contribution is 2.28. The summed E-state index contributed by atoms with van der Waals surface area (Å²) in [7, 11) is 1.56. The van der Waals surface area contributed by atoms with Gasteiger partial charge < -0.3 is 10.1 Å². The minimum atomic E-state index is -0.538. The van der Waals surface area contributed by atoms with Crippen LogP contribution in [0.25, 0.3) is 0 Å². The van der Waals surface area contributed by atoms with Gasteiger partial charge in [0.15, 0.2) is 0 Å². The molecule has 2 nitrogen and oxygen atoms in total. The molecule has 0 fully saturated rings. The average molecular weight is 257 g/mol. The molecule has 0 aromatic heterocycles. The molecule has 0 spiro atoms. The van der Waals surface area contributed by atoms with E-state index in [1.165, 1.54) is 18.2 Å². The molecule has 2 atom stereocenters. The Morgan fingerprint density at radius 3 is 2.17 bits per heavy atom. The van der Waals surface area contributed by atoms with Crippen molar-refractivity contribution in [1.29, 1.82) is 0 Å². The molecule has 0 heterocycles. The van der Waals surface area contributed by atoms with Crippen molar-refractivity contribution in [3.05, 3.63) is 35.4 Å². The van der Waals surface area contributed by atoms with Gasteiger partial charge in [0.2, 0.25) is 0 Å². The summed E-state index contributed by atoms with van der Waals surface area (Å²) < 4.78 is 33.1. The largest absolute Gasteiger partial charge is 0.379 e. The summed E-state index contributed by atoms with van der Waals surface area (Å²) in [6.45, 7) is 6.46. The van der Waals surface area contributed by atoms with Gasteiger partial charge >= 0.3 is 0 Å². The van der Waals surface area contributed by atoms with Crippen LogP contribution in [-0.2, 0) is 4.74 Å². The average Bonchev–Trinajstić information content (AvgIpc) is 2.29. The fourth-order valence-electron chi connectivity index (χ4n) is 2.20. The van der Waals surface area contributed by atoms with Gasteiger partial charge in [-0.15, -0.1) is 0 Å². The summed E-state index contributed by atoms with van der Waals surface area (Å²) >= 11 is 0. The predicted molar refractivity (Wildman–Crippen MR) is 68.4 cm³/mol. The molecule has 0 radical (unpaired) electrons. The van der Waals surface area contributed by atoms with Crippen molar-refractivity contribution in [2.75, 3.05) is 13.7 Å². The Morgan fingerprint density at radius 2 is 1.78 bits per heavy atom. The van der Waals surface area contributed by atoms with Crippen LogP contribution in [0.1, 0.15) is 32.4 Å². The maximum Gasteiger partial charge on any atom is 0.131 e. The van der Waals surface area contributed by atoms with Gasteiger partial charge in [-0.2, -0.15) is 0 Å². The number of rotatable bonds is 6. The van der Waals surface area contributed by atoms with Crippen LogP contribution in [0, 0.1) is 17.6 Å². The van der Waals surface area contributed by atoms with Gasteiger partial charge in [-0.05, 0) is 24.6 Å². The quantitative estimate of drug-likeness (QED) is 0.844. The van der Waals surface area contributed by atoms with Gasteiger partial charge in [-0.1, -0.05) is 26.8 Å². The topological polar surface area (TPSA) is 21.3 Å². The lowest BCUT2D eigenvalue weighted by atomic mass is 9.92. The first-order valence-electron chi connectivity index (χ1n) is 6.23. The van der Waals surface area contributed by atoms with Crippen LogP contribution in [0.5, 0.6) is 0 Å². The van der Waals surface area contributed by atoms with Crippen LogP contribution in [0.3, 0.4) is 0 Å². The molecule has 1 aromatic carbocycles. The minimum Gasteiger partial charge on any atom is -0.379 e. The van der Waals surface area contributed by atoms with Crippen LogP contribution in [0.4, 0.5) is 8.78 Å². The molecule has 1 aromatic rings. The van der Waals surface area contributed by atoms with Gasteiger partial charge in [-0.3, -0.25) is 0 Å². The van der Waals surface area contributed by atoms with Crippen molar-refractivity contribution in [3.8, 4) is 0 Å². The van der Waals surface area contributed by atoms with Gasteiger partial charge in [0, 0.05) is 12.7 Å². The lowest BCUT2D eigenvalue weighted by Gasteiger charge is -2.30. The Labute approximate surface area is 107 Å². The summed E-state index contributed by atoms with van der Waals surface area (Å²) in [5, 5.41) is 3.11. The summed E-state index contributed by atoms with van der Waals surface area (Å²) in [5.41, 5.74) is 0.0555. The number of halogens is 2. The van der Waals surface area contributed by atoms with Crippen LogP contribution in [0.15, 0.2) is 18.2 Å². The maximum absolute atomic E-state index is 13.8. The molecule has 4 heteroatoms. The van der Waals surface area contributed by atoms with Gasteiger partial charge in [0.1, 0.15) is 11.6 Å². The minimum absolute atomic E-state index is 0.0555. The first-order chi connectivity index (χ1) is 8.52. The second-order valence-electron chi connectivity index (χ2n) is 4.62. The molecular formula is C14H21F2NO. The standard InChI is InChI=1S/C14H21F2NO/c1-5-17-13(14(18-4)9(2)3)12-10(15)7-6-8-11(12)16/h6-9,13-14,17H,5H2,1-4H3. The predicted octanol–water partition coefficient (Wildman–Crippen LogP) is 3.29. The molecule has 0 bridgehead atoms. The van der Waals surface area contributed by atoms with Crippen molar-refractivity contribution < 1.29 is 13.5 Å². The van der Waals surface area contributed by atoms with Crippen LogP contribution < -0.4 is 5.32 Å². The Balaban J connectivity index is 3.18. The zero-order valence-corrected chi connectivity index (χ0v) is 11.3. The summed E-state index contributed by atoms with van der Waals surface area (Å²) in [6.07, 6.45) is -0.281.